The number of methoxy groups -OCH3 is 1. The summed E-state index contributed by atoms with van der Waals surface area (Å²) in [5.74, 6) is 0.242. The molecule has 0 atom stereocenters. The molecule has 1 aromatic heterocycles. The highest BCUT2D eigenvalue weighted by molar-refractivity contribution is 5.97. The Labute approximate surface area is 158 Å². The van der Waals surface area contributed by atoms with Gasteiger partial charge < -0.3 is 20.7 Å². The van der Waals surface area contributed by atoms with E-state index < -0.39 is 0 Å². The van der Waals surface area contributed by atoms with Crippen LogP contribution in [0.4, 0.5) is 10.5 Å². The maximum absolute atomic E-state index is 12.3. The minimum Gasteiger partial charge on any atom is -0.495 e. The van der Waals surface area contributed by atoms with Crippen LogP contribution in [0.5, 0.6) is 5.75 Å². The third kappa shape index (κ3) is 4.39. The van der Waals surface area contributed by atoms with Crippen molar-refractivity contribution in [1.82, 2.24) is 20.8 Å². The first-order valence-electron chi connectivity index (χ1n) is 9.12. The fraction of sp³-hybridized carbons (Fsp3) is 0.421. The molecule has 8 heteroatoms. The minimum atomic E-state index is -0.382. The van der Waals surface area contributed by atoms with Crippen molar-refractivity contribution >= 4 is 17.6 Å². The number of H-pyrrole nitrogens is 1. The Morgan fingerprint density at radius 3 is 2.81 bits per heavy atom. The van der Waals surface area contributed by atoms with Gasteiger partial charge in [-0.1, -0.05) is 6.42 Å². The van der Waals surface area contributed by atoms with Crippen molar-refractivity contribution in [3.8, 4) is 5.75 Å². The number of aromatic nitrogens is 2. The number of aryl methyl sites for hydroxylation is 1. The van der Waals surface area contributed by atoms with Crippen LogP contribution in [0, 0.1) is 0 Å². The lowest BCUT2D eigenvalue weighted by Crippen LogP contribution is -2.29. The molecule has 1 heterocycles. The van der Waals surface area contributed by atoms with E-state index in [4.69, 9.17) is 4.74 Å². The van der Waals surface area contributed by atoms with Crippen LogP contribution in [0.3, 0.4) is 0 Å². The van der Waals surface area contributed by atoms with Crippen molar-refractivity contribution in [2.75, 3.05) is 19.5 Å². The lowest BCUT2D eigenvalue weighted by atomic mass is 10.1. The second-order valence-corrected chi connectivity index (χ2v) is 6.49. The zero-order valence-electron chi connectivity index (χ0n) is 15.6. The second-order valence-electron chi connectivity index (χ2n) is 6.49. The van der Waals surface area contributed by atoms with Crippen molar-refractivity contribution < 1.29 is 14.3 Å². The van der Waals surface area contributed by atoms with Crippen LogP contribution in [0.15, 0.2) is 18.2 Å². The number of hydrogen-bond donors (Lipinski definition) is 4. The smallest absolute Gasteiger partial charge is 0.319 e. The summed E-state index contributed by atoms with van der Waals surface area (Å²) in [7, 11) is 3.07. The first-order chi connectivity index (χ1) is 13.1. The summed E-state index contributed by atoms with van der Waals surface area (Å²) in [6, 6.07) is 4.48. The van der Waals surface area contributed by atoms with Gasteiger partial charge in [-0.2, -0.15) is 5.10 Å². The van der Waals surface area contributed by atoms with Crippen molar-refractivity contribution in [2.24, 2.45) is 0 Å². The predicted molar refractivity (Wildman–Crippen MR) is 102 cm³/mol. The molecule has 144 valence electrons. The molecule has 1 aliphatic carbocycles. The number of anilines is 1. The molecule has 1 aliphatic rings. The lowest BCUT2D eigenvalue weighted by molar-refractivity contribution is 0.0963. The third-order valence-corrected chi connectivity index (χ3v) is 4.75. The molecule has 0 radical (unpaired) electrons. The fourth-order valence-electron chi connectivity index (χ4n) is 3.29. The topological polar surface area (TPSA) is 108 Å². The Kier molecular flexibility index (Phi) is 5.95. The molecule has 0 saturated heterocycles. The molecule has 27 heavy (non-hydrogen) atoms. The first-order valence-corrected chi connectivity index (χ1v) is 9.12. The van der Waals surface area contributed by atoms with E-state index >= 15 is 0 Å². The third-order valence-electron chi connectivity index (χ3n) is 4.75. The van der Waals surface area contributed by atoms with Crippen molar-refractivity contribution in [1.29, 1.82) is 0 Å². The number of nitrogens with one attached hydrogen (secondary N) is 4. The lowest BCUT2D eigenvalue weighted by Gasteiger charge is -2.12. The number of fused-ring (bicyclic) bond motifs is 1. The van der Waals surface area contributed by atoms with Crippen LogP contribution >= 0.6 is 0 Å². The number of aromatic amines is 1. The van der Waals surface area contributed by atoms with Gasteiger partial charge in [0.2, 0.25) is 0 Å². The number of amides is 3. The molecule has 2 aromatic rings. The van der Waals surface area contributed by atoms with Gasteiger partial charge in [-0.15, -0.1) is 0 Å². The molecule has 4 N–H and O–H groups in total. The molecule has 0 aliphatic heterocycles. The van der Waals surface area contributed by atoms with Crippen molar-refractivity contribution in [3.05, 3.63) is 40.7 Å². The van der Waals surface area contributed by atoms with Gasteiger partial charge in [-0.3, -0.25) is 9.89 Å². The highest BCUT2D eigenvalue weighted by atomic mass is 16.5. The van der Waals surface area contributed by atoms with Crippen LogP contribution in [0.1, 0.15) is 46.6 Å². The summed E-state index contributed by atoms with van der Waals surface area (Å²) in [5, 5.41) is 15.6. The van der Waals surface area contributed by atoms with Crippen molar-refractivity contribution in [2.45, 2.75) is 38.6 Å². The highest BCUT2D eigenvalue weighted by Crippen LogP contribution is 2.26. The maximum Gasteiger partial charge on any atom is 0.319 e. The fourth-order valence-corrected chi connectivity index (χ4v) is 3.29. The molecule has 0 fully saturated rings. The quantitative estimate of drug-likeness (QED) is 0.605. The average molecular weight is 371 g/mol. The Morgan fingerprint density at radius 1 is 1.22 bits per heavy atom. The van der Waals surface area contributed by atoms with E-state index in [2.05, 4.69) is 26.1 Å². The van der Waals surface area contributed by atoms with E-state index in [-0.39, 0.29) is 11.9 Å². The van der Waals surface area contributed by atoms with Crippen molar-refractivity contribution in [3.63, 3.8) is 0 Å². The number of hydrogen-bond acceptors (Lipinski definition) is 4. The molecule has 8 nitrogen and oxygen atoms in total. The Balaban J connectivity index is 1.66. The van der Waals surface area contributed by atoms with Gasteiger partial charge in [-0.25, -0.2) is 4.79 Å². The SMILES string of the molecule is CNC(=O)c1ccc(OC)c(NC(=O)NCc2n[nH]c3c2CCCCC3)c1. The number of rotatable bonds is 5. The van der Waals surface area contributed by atoms with Crippen LogP contribution in [0.25, 0.3) is 0 Å². The standard InChI is InChI=1S/C19H25N5O3/c1-20-18(25)12-8-9-17(27-2)15(10-12)22-19(26)21-11-16-13-6-4-3-5-7-14(13)23-24-16/h8-10H,3-7,11H2,1-2H3,(H,20,25)(H,23,24)(H2,21,22,26). The summed E-state index contributed by atoms with van der Waals surface area (Å²) in [6.07, 6.45) is 5.54. The van der Waals surface area contributed by atoms with E-state index in [0.29, 0.717) is 23.5 Å². The Morgan fingerprint density at radius 2 is 2.04 bits per heavy atom. The van der Waals surface area contributed by atoms with E-state index in [0.717, 1.165) is 25.0 Å². The molecule has 3 rings (SSSR count). The van der Waals surface area contributed by atoms with Crippen LogP contribution < -0.4 is 20.7 Å². The molecular formula is C19H25N5O3. The molecular weight excluding hydrogens is 346 g/mol. The molecule has 0 unspecified atom stereocenters. The molecule has 3 amide bonds. The second kappa shape index (κ2) is 8.57. The van der Waals surface area contributed by atoms with Crippen LogP contribution in [-0.4, -0.2) is 36.3 Å². The van der Waals surface area contributed by atoms with Gasteiger partial charge in [0.05, 0.1) is 25.0 Å². The summed E-state index contributed by atoms with van der Waals surface area (Å²) < 4.78 is 5.26. The number of carbonyl (C=O) groups excluding carboxylic acids is 2. The number of ether oxygens (including phenoxy) is 1. The number of urea groups is 1. The van der Waals surface area contributed by atoms with E-state index in [9.17, 15) is 9.59 Å². The van der Waals surface area contributed by atoms with Gasteiger partial charge in [0.1, 0.15) is 5.75 Å². The van der Waals surface area contributed by atoms with E-state index in [1.165, 1.54) is 31.2 Å². The van der Waals surface area contributed by atoms with Gasteiger partial charge in [0.15, 0.2) is 0 Å². The Bertz CT molecular complexity index is 831. The molecule has 0 bridgehead atoms. The largest absolute Gasteiger partial charge is 0.495 e. The minimum absolute atomic E-state index is 0.236. The number of benzene rings is 1. The van der Waals surface area contributed by atoms with Gasteiger partial charge in [0.25, 0.3) is 5.91 Å². The predicted octanol–water partition coefficient (Wildman–Crippen LogP) is 2.37. The van der Waals surface area contributed by atoms with Crippen LogP contribution in [-0.2, 0) is 19.4 Å². The van der Waals surface area contributed by atoms with E-state index in [1.54, 1.807) is 25.2 Å². The van der Waals surface area contributed by atoms with Gasteiger partial charge in [0, 0.05) is 18.3 Å². The maximum atomic E-state index is 12.3. The van der Waals surface area contributed by atoms with E-state index in [1.807, 2.05) is 0 Å². The number of carbonyl (C=O) groups is 2. The first kappa shape index (κ1) is 18.8. The summed E-state index contributed by atoms with van der Waals surface area (Å²) >= 11 is 0. The average Bonchev–Trinajstić information content (AvgIpc) is 2.91. The zero-order valence-corrected chi connectivity index (χ0v) is 15.6. The molecule has 0 saturated carbocycles. The van der Waals surface area contributed by atoms with Gasteiger partial charge >= 0.3 is 6.03 Å². The summed E-state index contributed by atoms with van der Waals surface area (Å²) in [4.78, 5) is 24.2. The van der Waals surface area contributed by atoms with Crippen LogP contribution in [0.2, 0.25) is 0 Å². The number of nitrogens with zero attached hydrogens (tertiary/aromatic N) is 1. The normalized spacial score (nSPS) is 13.3. The Hall–Kier alpha value is -3.03. The monoisotopic (exact) mass is 371 g/mol. The zero-order chi connectivity index (χ0) is 19.2. The molecule has 1 aromatic carbocycles. The summed E-state index contributed by atoms with van der Waals surface area (Å²) in [6.45, 7) is 0.342. The molecule has 0 spiro atoms. The highest BCUT2D eigenvalue weighted by Gasteiger charge is 2.17. The van der Waals surface area contributed by atoms with Gasteiger partial charge in [-0.05, 0) is 49.4 Å². The summed E-state index contributed by atoms with van der Waals surface area (Å²) in [5.41, 5.74) is 4.16.